The van der Waals surface area contributed by atoms with E-state index in [0.29, 0.717) is 27.7 Å². The Morgan fingerprint density at radius 3 is 2.43 bits per heavy atom. The first-order valence-corrected chi connectivity index (χ1v) is 9.93. The summed E-state index contributed by atoms with van der Waals surface area (Å²) in [4.78, 5) is 12.3. The Kier molecular flexibility index (Phi) is 5.99. The SMILES string of the molecule is CC(=NNC(=O)c1cccc(Cl)c1)c1nn(C)c(-c2ccc(C(C)(C)C)cc2)c1O. The third kappa shape index (κ3) is 4.54. The molecule has 30 heavy (non-hydrogen) atoms. The monoisotopic (exact) mass is 424 g/mol. The van der Waals surface area contributed by atoms with Gasteiger partial charge in [0, 0.05) is 23.2 Å². The molecule has 3 aromatic rings. The molecule has 0 aliphatic carbocycles. The lowest BCUT2D eigenvalue weighted by Gasteiger charge is -2.19. The average molecular weight is 425 g/mol. The Balaban J connectivity index is 1.85. The van der Waals surface area contributed by atoms with E-state index < -0.39 is 5.91 Å². The minimum atomic E-state index is -0.398. The van der Waals surface area contributed by atoms with Crippen molar-refractivity contribution in [2.75, 3.05) is 0 Å². The van der Waals surface area contributed by atoms with Crippen molar-refractivity contribution in [2.45, 2.75) is 33.1 Å². The second kappa shape index (κ2) is 8.32. The van der Waals surface area contributed by atoms with Crippen LogP contribution in [0.3, 0.4) is 0 Å². The lowest BCUT2D eigenvalue weighted by molar-refractivity contribution is 0.0955. The Bertz CT molecular complexity index is 1110. The molecule has 0 aliphatic rings. The summed E-state index contributed by atoms with van der Waals surface area (Å²) in [6, 6.07) is 14.6. The van der Waals surface area contributed by atoms with Crippen molar-refractivity contribution in [2.24, 2.45) is 12.1 Å². The maximum Gasteiger partial charge on any atom is 0.271 e. The van der Waals surface area contributed by atoms with E-state index in [0.717, 1.165) is 5.56 Å². The summed E-state index contributed by atoms with van der Waals surface area (Å²) in [5.41, 5.74) is 6.23. The number of benzene rings is 2. The molecule has 0 saturated carbocycles. The molecule has 0 radical (unpaired) electrons. The van der Waals surface area contributed by atoms with Gasteiger partial charge in [-0.3, -0.25) is 9.48 Å². The number of hydrogen-bond acceptors (Lipinski definition) is 4. The highest BCUT2D eigenvalue weighted by atomic mass is 35.5. The van der Waals surface area contributed by atoms with Gasteiger partial charge in [-0.25, -0.2) is 5.43 Å². The Morgan fingerprint density at radius 1 is 1.17 bits per heavy atom. The highest BCUT2D eigenvalue weighted by Gasteiger charge is 2.20. The summed E-state index contributed by atoms with van der Waals surface area (Å²) in [5.74, 6) is -0.385. The summed E-state index contributed by atoms with van der Waals surface area (Å²) in [6.07, 6.45) is 0. The zero-order valence-corrected chi connectivity index (χ0v) is 18.4. The van der Waals surface area contributed by atoms with E-state index >= 15 is 0 Å². The first-order chi connectivity index (χ1) is 14.1. The number of aryl methyl sites for hydroxylation is 1. The minimum absolute atomic E-state index is 0.0132. The third-order valence-electron chi connectivity index (χ3n) is 4.80. The predicted octanol–water partition coefficient (Wildman–Crippen LogP) is 4.90. The van der Waals surface area contributed by atoms with Crippen molar-refractivity contribution in [1.29, 1.82) is 0 Å². The summed E-state index contributed by atoms with van der Waals surface area (Å²) in [7, 11) is 1.76. The average Bonchev–Trinajstić information content (AvgIpc) is 2.99. The van der Waals surface area contributed by atoms with E-state index in [4.69, 9.17) is 11.6 Å². The number of halogens is 1. The van der Waals surface area contributed by atoms with E-state index in [-0.39, 0.29) is 11.2 Å². The summed E-state index contributed by atoms with van der Waals surface area (Å²) >= 11 is 5.92. The number of carbonyl (C=O) groups is 1. The van der Waals surface area contributed by atoms with Crippen LogP contribution >= 0.6 is 11.6 Å². The quantitative estimate of drug-likeness (QED) is 0.462. The molecule has 2 aromatic carbocycles. The van der Waals surface area contributed by atoms with Crippen molar-refractivity contribution in [1.82, 2.24) is 15.2 Å². The van der Waals surface area contributed by atoms with Gasteiger partial charge in [0.05, 0.1) is 5.71 Å². The van der Waals surface area contributed by atoms with Crippen LogP contribution in [0.25, 0.3) is 11.3 Å². The second-order valence-corrected chi connectivity index (χ2v) is 8.58. The molecular formula is C23H25ClN4O2. The molecule has 0 spiro atoms. The molecule has 6 nitrogen and oxygen atoms in total. The molecule has 0 fully saturated rings. The number of hydrazone groups is 1. The van der Waals surface area contributed by atoms with Crippen molar-refractivity contribution < 1.29 is 9.90 Å². The van der Waals surface area contributed by atoms with Crippen LogP contribution < -0.4 is 5.43 Å². The maximum atomic E-state index is 12.3. The second-order valence-electron chi connectivity index (χ2n) is 8.15. The number of nitrogens with one attached hydrogen (secondary N) is 1. The fraction of sp³-hybridized carbons (Fsp3) is 0.261. The van der Waals surface area contributed by atoms with E-state index in [9.17, 15) is 9.90 Å². The Hall–Kier alpha value is -3.12. The molecule has 0 aliphatic heterocycles. The fourth-order valence-electron chi connectivity index (χ4n) is 3.09. The molecule has 7 heteroatoms. The van der Waals surface area contributed by atoms with Gasteiger partial charge in [-0.05, 0) is 36.1 Å². The lowest BCUT2D eigenvalue weighted by atomic mass is 9.86. The molecule has 0 bridgehead atoms. The standard InChI is InChI=1S/C23H25ClN4O2/c1-14(25-26-22(30)16-7-6-8-18(24)13-16)19-21(29)20(28(5)27-19)15-9-11-17(12-10-15)23(2,3)4/h6-13,29H,1-5H3,(H,26,30). The van der Waals surface area contributed by atoms with Gasteiger partial charge in [-0.2, -0.15) is 10.2 Å². The minimum Gasteiger partial charge on any atom is -0.504 e. The third-order valence-corrected chi connectivity index (χ3v) is 5.04. The summed E-state index contributed by atoms with van der Waals surface area (Å²) in [6.45, 7) is 8.13. The summed E-state index contributed by atoms with van der Waals surface area (Å²) in [5, 5.41) is 19.7. The van der Waals surface area contributed by atoms with Gasteiger partial charge in [0.25, 0.3) is 5.91 Å². The lowest BCUT2D eigenvalue weighted by Crippen LogP contribution is -2.19. The van der Waals surface area contributed by atoms with Gasteiger partial charge in [-0.15, -0.1) is 0 Å². The number of nitrogens with zero attached hydrogens (tertiary/aromatic N) is 3. The van der Waals surface area contributed by atoms with Crippen molar-refractivity contribution in [3.05, 3.63) is 70.4 Å². The number of amides is 1. The van der Waals surface area contributed by atoms with Gasteiger partial charge in [0.15, 0.2) is 11.4 Å². The van der Waals surface area contributed by atoms with Crippen LogP contribution in [0, 0.1) is 0 Å². The fourth-order valence-corrected chi connectivity index (χ4v) is 3.28. The van der Waals surface area contributed by atoms with Crippen LogP contribution in [0.2, 0.25) is 5.02 Å². The van der Waals surface area contributed by atoms with E-state index in [1.54, 1.807) is 42.9 Å². The van der Waals surface area contributed by atoms with Crippen LogP contribution in [0.15, 0.2) is 53.6 Å². The largest absolute Gasteiger partial charge is 0.504 e. The topological polar surface area (TPSA) is 79.5 Å². The maximum absolute atomic E-state index is 12.3. The van der Waals surface area contributed by atoms with Gasteiger partial charge in [0.1, 0.15) is 5.69 Å². The first-order valence-electron chi connectivity index (χ1n) is 9.55. The number of rotatable bonds is 4. The molecule has 0 unspecified atom stereocenters. The van der Waals surface area contributed by atoms with Gasteiger partial charge in [-0.1, -0.05) is 62.7 Å². The number of aromatic hydroxyl groups is 1. The van der Waals surface area contributed by atoms with Gasteiger partial charge < -0.3 is 5.11 Å². The zero-order valence-electron chi connectivity index (χ0n) is 17.7. The van der Waals surface area contributed by atoms with Crippen molar-refractivity contribution in [3.8, 4) is 17.0 Å². The van der Waals surface area contributed by atoms with Crippen LogP contribution in [0.5, 0.6) is 5.75 Å². The Labute approximate surface area is 181 Å². The van der Waals surface area contributed by atoms with Crippen LogP contribution in [-0.4, -0.2) is 26.5 Å². The van der Waals surface area contributed by atoms with Crippen molar-refractivity contribution >= 4 is 23.2 Å². The predicted molar refractivity (Wildman–Crippen MR) is 120 cm³/mol. The van der Waals surface area contributed by atoms with Crippen LogP contribution in [-0.2, 0) is 12.5 Å². The first kappa shape index (κ1) is 21.6. The molecule has 3 rings (SSSR count). The van der Waals surface area contributed by atoms with E-state index in [1.807, 2.05) is 24.3 Å². The number of aromatic nitrogens is 2. The van der Waals surface area contributed by atoms with Gasteiger partial charge >= 0.3 is 0 Å². The zero-order chi connectivity index (χ0) is 22.1. The molecular weight excluding hydrogens is 400 g/mol. The smallest absolute Gasteiger partial charge is 0.271 e. The Morgan fingerprint density at radius 2 is 1.83 bits per heavy atom. The van der Waals surface area contributed by atoms with E-state index in [2.05, 4.69) is 36.4 Å². The summed E-state index contributed by atoms with van der Waals surface area (Å²) < 4.78 is 1.61. The van der Waals surface area contributed by atoms with Gasteiger partial charge in [0.2, 0.25) is 0 Å². The normalized spacial score (nSPS) is 12.1. The molecule has 0 atom stereocenters. The van der Waals surface area contributed by atoms with Crippen LogP contribution in [0.1, 0.15) is 49.3 Å². The highest BCUT2D eigenvalue weighted by Crippen LogP contribution is 2.33. The highest BCUT2D eigenvalue weighted by molar-refractivity contribution is 6.31. The molecule has 1 amide bonds. The van der Waals surface area contributed by atoms with Crippen molar-refractivity contribution in [3.63, 3.8) is 0 Å². The molecule has 2 N–H and O–H groups in total. The number of hydrogen-bond donors (Lipinski definition) is 2. The molecule has 156 valence electrons. The molecule has 1 aromatic heterocycles. The molecule has 0 saturated heterocycles. The van der Waals surface area contributed by atoms with E-state index in [1.165, 1.54) is 5.56 Å². The van der Waals surface area contributed by atoms with Crippen LogP contribution in [0.4, 0.5) is 0 Å². The molecule has 1 heterocycles. The number of carbonyl (C=O) groups excluding carboxylic acids is 1.